The van der Waals surface area contributed by atoms with E-state index in [0.717, 1.165) is 65.8 Å². The number of amides is 1. The van der Waals surface area contributed by atoms with E-state index < -0.39 is 51.2 Å². The summed E-state index contributed by atoms with van der Waals surface area (Å²) < 4.78 is 45.8. The molecule has 0 radical (unpaired) electrons. The van der Waals surface area contributed by atoms with E-state index in [4.69, 9.17) is 10.00 Å². The summed E-state index contributed by atoms with van der Waals surface area (Å²) >= 11 is -1.36. The number of pyridine rings is 1. The molecule has 2 saturated heterocycles. The molecule has 1 amide bonds. The molecule has 14 heteroatoms. The maximum atomic E-state index is 13.5. The molecule has 0 bridgehead atoms. The number of carbonyl (C=O) groups is 2. The molecule has 0 spiro atoms. The second-order valence-corrected chi connectivity index (χ2v) is 13.6. The number of aliphatic carboxylic acids is 1. The van der Waals surface area contributed by atoms with Gasteiger partial charge >= 0.3 is 12.1 Å². The Morgan fingerprint density at radius 1 is 1.30 bits per heavy atom. The van der Waals surface area contributed by atoms with Gasteiger partial charge in [0.2, 0.25) is 0 Å². The second-order valence-electron chi connectivity index (χ2n) is 11.1. The standard InChI is InChI=1S/C29H36F3N5O4S.ClH/c1-5-20-14-22(6-7-25(20)41-13-10-19-8-11-36(12-9-19)18(2)26(38)39)42-28(3,4)27(40)37(35-42)21-15-23(29(30,31)32)24(16-33)34-17-21;/h6-7,14-15,17-19,35,42H,5,8-13H2,1-4H3,(H,38,39);1H/t18-;/m0./s1. The molecule has 4 rings (SSSR count). The van der Waals surface area contributed by atoms with E-state index >= 15 is 0 Å². The third kappa shape index (κ3) is 7.37. The zero-order chi connectivity index (χ0) is 30.8. The first-order valence-corrected chi connectivity index (χ1v) is 15.2. The zero-order valence-corrected chi connectivity index (χ0v) is 26.2. The Bertz CT molecular complexity index is 1380. The molecule has 9 nitrogen and oxygen atoms in total. The van der Waals surface area contributed by atoms with Crippen LogP contribution in [0, 0.1) is 17.2 Å². The zero-order valence-electron chi connectivity index (χ0n) is 24.4. The highest BCUT2D eigenvalue weighted by atomic mass is 35.5. The van der Waals surface area contributed by atoms with E-state index in [1.54, 1.807) is 20.8 Å². The number of thiol groups is 1. The number of nitrogens with zero attached hydrogens (tertiary/aromatic N) is 4. The van der Waals surface area contributed by atoms with Crippen molar-refractivity contribution in [3.8, 4) is 11.8 Å². The Kier molecular flexibility index (Phi) is 11.0. The minimum Gasteiger partial charge on any atom is -0.493 e. The van der Waals surface area contributed by atoms with E-state index in [1.165, 1.54) is 6.07 Å². The van der Waals surface area contributed by atoms with Crippen LogP contribution in [0.25, 0.3) is 0 Å². The lowest BCUT2D eigenvalue weighted by molar-refractivity contribution is -0.143. The molecule has 2 aliphatic heterocycles. The smallest absolute Gasteiger partial charge is 0.419 e. The number of nitriles is 1. The van der Waals surface area contributed by atoms with Gasteiger partial charge in [-0.2, -0.15) is 23.3 Å². The van der Waals surface area contributed by atoms with Crippen molar-refractivity contribution in [1.29, 1.82) is 5.26 Å². The first-order valence-electron chi connectivity index (χ1n) is 13.9. The summed E-state index contributed by atoms with van der Waals surface area (Å²) in [6, 6.07) is 7.50. The van der Waals surface area contributed by atoms with E-state index in [-0.39, 0.29) is 18.1 Å². The predicted octanol–water partition coefficient (Wildman–Crippen LogP) is 5.52. The van der Waals surface area contributed by atoms with E-state index in [9.17, 15) is 27.9 Å². The van der Waals surface area contributed by atoms with Crippen LogP contribution >= 0.6 is 23.5 Å². The molecule has 2 atom stereocenters. The van der Waals surface area contributed by atoms with E-state index in [0.29, 0.717) is 18.9 Å². The number of ether oxygens (including phenoxy) is 1. The first kappa shape index (κ1) is 34.4. The van der Waals surface area contributed by atoms with Crippen LogP contribution in [0.15, 0.2) is 35.4 Å². The second kappa shape index (κ2) is 13.7. The SMILES string of the molecule is CCc1cc([SH]2NN(c3cnc(C#N)c(C(F)(F)F)c3)C(=O)C2(C)C)ccc1OCCC1CCN([C@@H](C)C(=O)O)CC1.Cl. The number of rotatable bonds is 9. The molecule has 1 aromatic carbocycles. The topological polar surface area (TPSA) is 119 Å². The summed E-state index contributed by atoms with van der Waals surface area (Å²) in [5, 5.41) is 19.4. The lowest BCUT2D eigenvalue weighted by Crippen LogP contribution is -2.44. The number of anilines is 1. The number of carbonyl (C=O) groups excluding carboxylic acids is 1. The van der Waals surface area contributed by atoms with Crippen molar-refractivity contribution in [3.63, 3.8) is 0 Å². The maximum Gasteiger partial charge on any atom is 0.419 e. The number of piperidine rings is 1. The normalized spacial score (nSPS) is 20.7. The van der Waals surface area contributed by atoms with Crippen molar-refractivity contribution in [1.82, 2.24) is 14.7 Å². The number of hydrogen-bond donors (Lipinski definition) is 3. The average Bonchev–Trinajstić information content (AvgIpc) is 3.20. The van der Waals surface area contributed by atoms with Gasteiger partial charge in [0.15, 0.2) is 5.69 Å². The fraction of sp³-hybridized carbons (Fsp3) is 0.517. The molecule has 1 unspecified atom stereocenters. The number of hydrogen-bond acceptors (Lipinski definition) is 7. The van der Waals surface area contributed by atoms with Gasteiger partial charge in [0.05, 0.1) is 28.8 Å². The molecule has 43 heavy (non-hydrogen) atoms. The predicted molar refractivity (Wildman–Crippen MR) is 160 cm³/mol. The quantitative estimate of drug-likeness (QED) is 0.306. The number of benzene rings is 1. The summed E-state index contributed by atoms with van der Waals surface area (Å²) in [5.74, 6) is 0.0175. The summed E-state index contributed by atoms with van der Waals surface area (Å²) in [4.78, 5) is 34.3. The number of halogens is 4. The minimum absolute atomic E-state index is 0. The fourth-order valence-corrected chi connectivity index (χ4v) is 7.54. The molecule has 0 aliphatic carbocycles. The number of carboxylic acids is 1. The van der Waals surface area contributed by atoms with Gasteiger partial charge in [-0.05, 0) is 95.3 Å². The summed E-state index contributed by atoms with van der Waals surface area (Å²) in [7, 11) is 0. The average molecular weight is 644 g/mol. The monoisotopic (exact) mass is 643 g/mol. The van der Waals surface area contributed by atoms with Gasteiger partial charge in [0.1, 0.15) is 17.9 Å². The Morgan fingerprint density at radius 3 is 2.56 bits per heavy atom. The molecule has 2 aliphatic rings. The molecular weight excluding hydrogens is 607 g/mol. The number of aryl methyl sites for hydroxylation is 1. The van der Waals surface area contributed by atoms with Crippen LogP contribution in [0.5, 0.6) is 5.75 Å². The number of likely N-dealkylation sites (tertiary alicyclic amines) is 1. The highest BCUT2D eigenvalue weighted by molar-refractivity contribution is 8.17. The number of aromatic nitrogens is 1. The number of nitrogens with one attached hydrogen (secondary N) is 1. The first-order chi connectivity index (χ1) is 19.8. The van der Waals surface area contributed by atoms with Crippen LogP contribution in [0.3, 0.4) is 0 Å². The molecule has 2 N–H and O–H groups in total. The van der Waals surface area contributed by atoms with Crippen LogP contribution in [0.1, 0.15) is 63.8 Å². The van der Waals surface area contributed by atoms with Crippen molar-refractivity contribution in [3.05, 3.63) is 47.3 Å². The highest BCUT2D eigenvalue weighted by Crippen LogP contribution is 2.52. The van der Waals surface area contributed by atoms with Crippen LogP contribution in [-0.4, -0.2) is 57.4 Å². The summed E-state index contributed by atoms with van der Waals surface area (Å²) in [5.41, 5.74) is -1.06. The number of alkyl halides is 3. The molecule has 2 aromatic rings. The molecule has 3 heterocycles. The van der Waals surface area contributed by atoms with Crippen molar-refractivity contribution in [2.75, 3.05) is 24.7 Å². The van der Waals surface area contributed by atoms with E-state index in [2.05, 4.69) is 9.82 Å². The molecule has 236 valence electrons. The lowest BCUT2D eigenvalue weighted by Gasteiger charge is -2.34. The van der Waals surface area contributed by atoms with Gasteiger partial charge in [-0.15, -0.1) is 23.5 Å². The Labute approximate surface area is 258 Å². The van der Waals surface area contributed by atoms with Gasteiger partial charge < -0.3 is 9.84 Å². The van der Waals surface area contributed by atoms with Crippen molar-refractivity contribution < 1.29 is 32.6 Å². The summed E-state index contributed by atoms with van der Waals surface area (Å²) in [6.07, 6.45) is -0.295. The van der Waals surface area contributed by atoms with Gasteiger partial charge in [0.25, 0.3) is 5.91 Å². The largest absolute Gasteiger partial charge is 0.493 e. The number of carboxylic acid groups (broad SMARTS) is 1. The Morgan fingerprint density at radius 2 is 1.98 bits per heavy atom. The van der Waals surface area contributed by atoms with Crippen LogP contribution in [0.2, 0.25) is 0 Å². The third-order valence-electron chi connectivity index (χ3n) is 8.05. The van der Waals surface area contributed by atoms with Crippen molar-refractivity contribution in [2.24, 2.45) is 5.92 Å². The van der Waals surface area contributed by atoms with Gasteiger partial charge in [-0.25, -0.2) is 9.99 Å². The van der Waals surface area contributed by atoms with Crippen molar-refractivity contribution in [2.45, 2.75) is 75.2 Å². The maximum absolute atomic E-state index is 13.5. The van der Waals surface area contributed by atoms with Crippen LogP contribution in [0.4, 0.5) is 18.9 Å². The van der Waals surface area contributed by atoms with Crippen LogP contribution in [-0.2, 0) is 22.2 Å². The molecular formula is C29H37ClF3N5O4S. The lowest BCUT2D eigenvalue weighted by atomic mass is 9.93. The minimum atomic E-state index is -4.79. The molecule has 0 saturated carbocycles. The molecule has 2 fully saturated rings. The molecule has 1 aromatic heterocycles. The van der Waals surface area contributed by atoms with Gasteiger partial charge in [-0.1, -0.05) is 6.92 Å². The number of hydrazine groups is 1. The highest BCUT2D eigenvalue weighted by Gasteiger charge is 2.47. The van der Waals surface area contributed by atoms with Crippen LogP contribution < -0.4 is 14.6 Å². The van der Waals surface area contributed by atoms with Crippen molar-refractivity contribution >= 4 is 41.1 Å². The third-order valence-corrected chi connectivity index (χ3v) is 10.6. The Balaban J connectivity index is 0.00000506. The fourth-order valence-electron chi connectivity index (χ4n) is 5.32. The van der Waals surface area contributed by atoms with E-state index in [1.807, 2.05) is 30.0 Å². The summed E-state index contributed by atoms with van der Waals surface area (Å²) in [6.45, 7) is 9.28. The van der Waals surface area contributed by atoms with Gasteiger partial charge in [-0.3, -0.25) is 14.5 Å². The van der Waals surface area contributed by atoms with Gasteiger partial charge in [0, 0.05) is 4.90 Å². The Hall–Kier alpha value is -3.05.